The molecule has 1 aromatic rings. The van der Waals surface area contributed by atoms with Gasteiger partial charge < -0.3 is 25.8 Å². The minimum atomic E-state index is -0.885. The number of ether oxygens (including phenoxy) is 1. The van der Waals surface area contributed by atoms with Crippen LogP contribution in [-0.2, 0) is 11.3 Å². The highest BCUT2D eigenvalue weighted by atomic mass is 16.5. The van der Waals surface area contributed by atoms with Crippen LogP contribution in [0, 0.1) is 0 Å². The van der Waals surface area contributed by atoms with Gasteiger partial charge in [-0.25, -0.2) is 4.79 Å². The van der Waals surface area contributed by atoms with Gasteiger partial charge in [0.05, 0.1) is 19.3 Å². The lowest BCUT2D eigenvalue weighted by Crippen LogP contribution is -2.32. The van der Waals surface area contributed by atoms with Crippen LogP contribution in [0.1, 0.15) is 18.3 Å². The minimum absolute atomic E-state index is 0.0557. The van der Waals surface area contributed by atoms with E-state index in [4.69, 9.17) is 20.7 Å². The first kappa shape index (κ1) is 12.9. The summed E-state index contributed by atoms with van der Waals surface area (Å²) in [7, 11) is 0. The van der Waals surface area contributed by atoms with E-state index in [1.165, 1.54) is 0 Å². The molecule has 1 aliphatic heterocycles. The molecule has 5 N–H and O–H groups in total. The highest BCUT2D eigenvalue weighted by Gasteiger charge is 2.35. The summed E-state index contributed by atoms with van der Waals surface area (Å²) < 4.78 is 6.17. The van der Waals surface area contributed by atoms with Crippen LogP contribution in [0.15, 0.2) is 4.79 Å². The standard InChI is InChI=1S/C9H14N4O5/c10-8-4(2-14)12-13(9(17)11-8)7-1-5(16)6(3-15)18-7/h5-7,14-16H,1-3H2,(H2,10,11,17)/t5-,6+,7+/m0/s1. The average Bonchev–Trinajstić information content (AvgIpc) is 2.70. The number of aliphatic hydroxyl groups excluding tert-OH is 3. The van der Waals surface area contributed by atoms with E-state index in [1.807, 2.05) is 0 Å². The fourth-order valence-electron chi connectivity index (χ4n) is 1.77. The van der Waals surface area contributed by atoms with Crippen LogP contribution in [0.5, 0.6) is 0 Å². The molecule has 0 aromatic carbocycles. The number of aliphatic hydroxyl groups is 3. The molecule has 0 amide bonds. The molecule has 18 heavy (non-hydrogen) atoms. The zero-order chi connectivity index (χ0) is 13.3. The third-order valence-electron chi connectivity index (χ3n) is 2.74. The Labute approximate surface area is 101 Å². The molecular weight excluding hydrogens is 244 g/mol. The second-order valence-corrected chi connectivity index (χ2v) is 3.94. The molecule has 2 heterocycles. The van der Waals surface area contributed by atoms with Crippen molar-refractivity contribution in [3.05, 3.63) is 16.2 Å². The van der Waals surface area contributed by atoms with E-state index < -0.39 is 30.7 Å². The molecule has 0 saturated carbocycles. The van der Waals surface area contributed by atoms with Crippen molar-refractivity contribution >= 4 is 5.82 Å². The largest absolute Gasteiger partial charge is 0.394 e. The number of hydrogen-bond donors (Lipinski definition) is 4. The first-order valence-electron chi connectivity index (χ1n) is 5.37. The molecule has 9 heteroatoms. The average molecular weight is 258 g/mol. The number of anilines is 1. The number of nitrogens with zero attached hydrogens (tertiary/aromatic N) is 3. The van der Waals surface area contributed by atoms with Crippen molar-refractivity contribution in [3.8, 4) is 0 Å². The van der Waals surface area contributed by atoms with Crippen LogP contribution in [0.4, 0.5) is 5.82 Å². The van der Waals surface area contributed by atoms with Gasteiger partial charge in [0.15, 0.2) is 12.0 Å². The Morgan fingerprint density at radius 3 is 2.78 bits per heavy atom. The summed E-state index contributed by atoms with van der Waals surface area (Å²) in [5, 5.41) is 31.3. The summed E-state index contributed by atoms with van der Waals surface area (Å²) in [6.07, 6.45) is -2.38. The van der Waals surface area contributed by atoms with Gasteiger partial charge in [-0.05, 0) is 0 Å². The van der Waals surface area contributed by atoms with Gasteiger partial charge in [0, 0.05) is 6.42 Å². The molecule has 9 nitrogen and oxygen atoms in total. The second-order valence-electron chi connectivity index (χ2n) is 3.94. The van der Waals surface area contributed by atoms with Gasteiger partial charge in [0.2, 0.25) is 0 Å². The third-order valence-corrected chi connectivity index (χ3v) is 2.74. The fourth-order valence-corrected chi connectivity index (χ4v) is 1.77. The molecule has 100 valence electrons. The quantitative estimate of drug-likeness (QED) is 0.460. The van der Waals surface area contributed by atoms with Gasteiger partial charge in [0.1, 0.15) is 11.8 Å². The predicted molar refractivity (Wildman–Crippen MR) is 58.2 cm³/mol. The molecule has 1 fully saturated rings. The maximum Gasteiger partial charge on any atom is 0.368 e. The topological polar surface area (TPSA) is 144 Å². The van der Waals surface area contributed by atoms with E-state index in [0.29, 0.717) is 0 Å². The highest BCUT2D eigenvalue weighted by molar-refractivity contribution is 5.31. The van der Waals surface area contributed by atoms with Crippen molar-refractivity contribution in [2.45, 2.75) is 31.5 Å². The van der Waals surface area contributed by atoms with Gasteiger partial charge in [-0.1, -0.05) is 0 Å². The Balaban J connectivity index is 2.32. The maximum absolute atomic E-state index is 11.6. The summed E-state index contributed by atoms with van der Waals surface area (Å²) in [5.41, 5.74) is 4.72. The van der Waals surface area contributed by atoms with Gasteiger partial charge in [-0.2, -0.15) is 14.8 Å². The molecule has 0 spiro atoms. The van der Waals surface area contributed by atoms with Crippen molar-refractivity contribution in [1.82, 2.24) is 14.8 Å². The molecule has 0 radical (unpaired) electrons. The molecule has 1 saturated heterocycles. The lowest BCUT2D eigenvalue weighted by molar-refractivity contribution is -0.0509. The Morgan fingerprint density at radius 1 is 1.50 bits per heavy atom. The Kier molecular flexibility index (Phi) is 3.57. The molecule has 0 bridgehead atoms. The zero-order valence-electron chi connectivity index (χ0n) is 9.43. The first-order chi connectivity index (χ1) is 8.56. The van der Waals surface area contributed by atoms with E-state index in [2.05, 4.69) is 10.1 Å². The van der Waals surface area contributed by atoms with Crippen LogP contribution in [-0.4, -0.2) is 48.9 Å². The number of aromatic nitrogens is 3. The van der Waals surface area contributed by atoms with Gasteiger partial charge in [-0.15, -0.1) is 0 Å². The smallest absolute Gasteiger partial charge is 0.368 e. The Morgan fingerprint density at radius 2 is 2.22 bits per heavy atom. The molecule has 0 unspecified atom stereocenters. The van der Waals surface area contributed by atoms with E-state index in [0.717, 1.165) is 4.68 Å². The maximum atomic E-state index is 11.6. The minimum Gasteiger partial charge on any atom is -0.394 e. The Bertz CT molecular complexity index is 490. The molecular formula is C9H14N4O5. The highest BCUT2D eigenvalue weighted by Crippen LogP contribution is 2.26. The van der Waals surface area contributed by atoms with Crippen LogP contribution >= 0.6 is 0 Å². The summed E-state index contributed by atoms with van der Waals surface area (Å²) >= 11 is 0. The predicted octanol–water partition coefficient (Wildman–Crippen LogP) is -2.65. The second kappa shape index (κ2) is 4.98. The lowest BCUT2D eigenvalue weighted by atomic mass is 10.2. The SMILES string of the molecule is Nc1nc(=O)n([C@H]2C[C@H](O)[C@@H](CO)O2)nc1CO. The molecule has 0 aliphatic carbocycles. The van der Waals surface area contributed by atoms with Gasteiger partial charge in [-0.3, -0.25) is 0 Å². The van der Waals surface area contributed by atoms with Crippen molar-refractivity contribution < 1.29 is 20.1 Å². The first-order valence-corrected chi connectivity index (χ1v) is 5.37. The molecule has 1 aliphatic rings. The zero-order valence-corrected chi connectivity index (χ0v) is 9.43. The van der Waals surface area contributed by atoms with Crippen molar-refractivity contribution in [2.75, 3.05) is 12.3 Å². The van der Waals surface area contributed by atoms with Gasteiger partial charge in [0.25, 0.3) is 0 Å². The molecule has 1 aromatic heterocycles. The van der Waals surface area contributed by atoms with E-state index >= 15 is 0 Å². The van der Waals surface area contributed by atoms with Crippen LogP contribution < -0.4 is 11.4 Å². The van der Waals surface area contributed by atoms with E-state index in [-0.39, 0.29) is 24.5 Å². The summed E-state index contributed by atoms with van der Waals surface area (Å²) in [6, 6.07) is 0. The van der Waals surface area contributed by atoms with E-state index in [9.17, 15) is 9.90 Å². The lowest BCUT2D eigenvalue weighted by Gasteiger charge is -2.14. The third kappa shape index (κ3) is 2.20. The van der Waals surface area contributed by atoms with Gasteiger partial charge >= 0.3 is 5.69 Å². The number of nitrogen functional groups attached to an aromatic ring is 1. The normalized spacial score (nSPS) is 27.6. The van der Waals surface area contributed by atoms with Crippen molar-refractivity contribution in [3.63, 3.8) is 0 Å². The van der Waals surface area contributed by atoms with Crippen LogP contribution in [0.3, 0.4) is 0 Å². The number of hydrogen-bond acceptors (Lipinski definition) is 8. The summed E-state index contributed by atoms with van der Waals surface area (Å²) in [6.45, 7) is -0.820. The molecule has 3 atom stereocenters. The fraction of sp³-hybridized carbons (Fsp3) is 0.667. The number of nitrogens with two attached hydrogens (primary N) is 1. The van der Waals surface area contributed by atoms with Crippen LogP contribution in [0.25, 0.3) is 0 Å². The Hall–Kier alpha value is -1.55. The summed E-state index contributed by atoms with van der Waals surface area (Å²) in [4.78, 5) is 15.1. The van der Waals surface area contributed by atoms with Crippen LogP contribution in [0.2, 0.25) is 0 Å². The summed E-state index contributed by atoms with van der Waals surface area (Å²) in [5.74, 6) is -0.143. The van der Waals surface area contributed by atoms with Crippen molar-refractivity contribution in [2.24, 2.45) is 0 Å². The van der Waals surface area contributed by atoms with E-state index in [1.54, 1.807) is 0 Å². The number of rotatable bonds is 3. The molecule has 2 rings (SSSR count). The van der Waals surface area contributed by atoms with Crippen molar-refractivity contribution in [1.29, 1.82) is 0 Å². The monoisotopic (exact) mass is 258 g/mol.